The number of benzene rings is 1. The lowest BCUT2D eigenvalue weighted by molar-refractivity contribution is -0.121. The summed E-state index contributed by atoms with van der Waals surface area (Å²) in [5.41, 5.74) is 1.06. The maximum atomic E-state index is 11.9. The second-order valence-corrected chi connectivity index (χ2v) is 6.21. The monoisotopic (exact) mass is 328 g/mol. The van der Waals surface area contributed by atoms with Crippen LogP contribution in [0.25, 0.3) is 0 Å². The summed E-state index contributed by atoms with van der Waals surface area (Å²) in [4.78, 5) is 15.8. The van der Waals surface area contributed by atoms with Gasteiger partial charge < -0.3 is 10.1 Å². The number of amides is 1. The fraction of sp³-hybridized carbons (Fsp3) is 0.500. The highest BCUT2D eigenvalue weighted by Gasteiger charge is 2.16. The van der Waals surface area contributed by atoms with Crippen LogP contribution >= 0.6 is 0 Å². The van der Waals surface area contributed by atoms with Crippen LogP contribution in [0, 0.1) is 0 Å². The Labute approximate surface area is 142 Å². The lowest BCUT2D eigenvalue weighted by Crippen LogP contribution is -2.23. The highest BCUT2D eigenvalue weighted by molar-refractivity contribution is 5.75. The van der Waals surface area contributed by atoms with Crippen LogP contribution in [-0.2, 0) is 17.9 Å². The van der Waals surface area contributed by atoms with Crippen molar-refractivity contribution in [2.45, 2.75) is 57.7 Å². The summed E-state index contributed by atoms with van der Waals surface area (Å²) in [5, 5.41) is 6.98. The van der Waals surface area contributed by atoms with Gasteiger partial charge in [0.15, 0.2) is 0 Å². The standard InChI is InChI=1S/C18H24N4O2/c23-18(9-4-10-22-14-19-13-21-22)20-12-15-5-3-8-17(11-15)24-16-6-1-2-7-16/h3,5,8,11,13-14,16H,1-2,4,6-7,9-10,12H2,(H,20,23). The van der Waals surface area contributed by atoms with Crippen molar-refractivity contribution >= 4 is 5.91 Å². The summed E-state index contributed by atoms with van der Waals surface area (Å²) in [6, 6.07) is 8.00. The third-order valence-electron chi connectivity index (χ3n) is 4.25. The van der Waals surface area contributed by atoms with Crippen molar-refractivity contribution in [1.29, 1.82) is 0 Å². The Hall–Kier alpha value is -2.37. The van der Waals surface area contributed by atoms with Crippen molar-refractivity contribution in [3.8, 4) is 5.75 Å². The van der Waals surface area contributed by atoms with Crippen LogP contribution in [-0.4, -0.2) is 26.8 Å². The van der Waals surface area contributed by atoms with Gasteiger partial charge in [-0.3, -0.25) is 9.48 Å². The number of aromatic nitrogens is 3. The second kappa shape index (κ2) is 8.47. The molecule has 1 aromatic heterocycles. The van der Waals surface area contributed by atoms with Crippen LogP contribution < -0.4 is 10.1 Å². The number of rotatable bonds is 8. The van der Waals surface area contributed by atoms with Gasteiger partial charge in [-0.05, 0) is 49.8 Å². The maximum Gasteiger partial charge on any atom is 0.220 e. The molecule has 0 aliphatic heterocycles. The number of nitrogens with zero attached hydrogens (tertiary/aromatic N) is 3. The van der Waals surface area contributed by atoms with Crippen LogP contribution in [0.4, 0.5) is 0 Å². The average molecular weight is 328 g/mol. The first-order valence-corrected chi connectivity index (χ1v) is 8.64. The first-order chi connectivity index (χ1) is 11.8. The van der Waals surface area contributed by atoms with Crippen LogP contribution in [0.2, 0.25) is 0 Å². The van der Waals surface area contributed by atoms with Gasteiger partial charge in [-0.15, -0.1) is 0 Å². The van der Waals surface area contributed by atoms with E-state index < -0.39 is 0 Å². The highest BCUT2D eigenvalue weighted by Crippen LogP contribution is 2.24. The van der Waals surface area contributed by atoms with E-state index in [9.17, 15) is 4.79 Å². The Morgan fingerprint density at radius 2 is 2.21 bits per heavy atom. The molecule has 0 bridgehead atoms. The van der Waals surface area contributed by atoms with E-state index in [-0.39, 0.29) is 5.91 Å². The van der Waals surface area contributed by atoms with Crippen molar-refractivity contribution in [3.05, 3.63) is 42.5 Å². The zero-order valence-electron chi connectivity index (χ0n) is 13.9. The smallest absolute Gasteiger partial charge is 0.220 e. The van der Waals surface area contributed by atoms with E-state index in [0.717, 1.165) is 30.6 Å². The lowest BCUT2D eigenvalue weighted by atomic mass is 10.2. The number of hydrogen-bond donors (Lipinski definition) is 1. The third-order valence-corrected chi connectivity index (χ3v) is 4.25. The molecular formula is C18H24N4O2. The molecule has 0 saturated heterocycles. The van der Waals surface area contributed by atoms with Crippen LogP contribution in [0.1, 0.15) is 44.1 Å². The van der Waals surface area contributed by atoms with Crippen LogP contribution in [0.15, 0.2) is 36.9 Å². The summed E-state index contributed by atoms with van der Waals surface area (Å²) in [6.07, 6.45) is 9.56. The molecule has 1 N–H and O–H groups in total. The molecule has 0 unspecified atom stereocenters. The summed E-state index contributed by atoms with van der Waals surface area (Å²) in [7, 11) is 0. The second-order valence-electron chi connectivity index (χ2n) is 6.21. The van der Waals surface area contributed by atoms with Gasteiger partial charge in [0.05, 0.1) is 6.10 Å². The normalized spacial score (nSPS) is 14.7. The van der Waals surface area contributed by atoms with Gasteiger partial charge in [-0.2, -0.15) is 5.10 Å². The molecule has 1 aromatic carbocycles. The van der Waals surface area contributed by atoms with Crippen molar-refractivity contribution in [1.82, 2.24) is 20.1 Å². The number of ether oxygens (including phenoxy) is 1. The van der Waals surface area contributed by atoms with E-state index in [4.69, 9.17) is 4.74 Å². The Morgan fingerprint density at radius 3 is 3.00 bits per heavy atom. The molecule has 0 spiro atoms. The SMILES string of the molecule is O=C(CCCn1cncn1)NCc1cccc(OC2CCCC2)c1. The van der Waals surface area contributed by atoms with Crippen molar-refractivity contribution < 1.29 is 9.53 Å². The Morgan fingerprint density at radius 1 is 1.33 bits per heavy atom. The molecule has 3 rings (SSSR count). The third kappa shape index (κ3) is 5.08. The number of nitrogens with one attached hydrogen (secondary N) is 1. The molecule has 1 aliphatic carbocycles. The van der Waals surface area contributed by atoms with Gasteiger partial charge in [0.25, 0.3) is 0 Å². The molecule has 128 valence electrons. The topological polar surface area (TPSA) is 69.0 Å². The van der Waals surface area contributed by atoms with Crippen molar-refractivity contribution in [2.75, 3.05) is 0 Å². The molecule has 0 radical (unpaired) electrons. The molecule has 1 aliphatic rings. The maximum absolute atomic E-state index is 11.9. The number of carbonyl (C=O) groups excluding carboxylic acids is 1. The molecule has 2 aromatic rings. The Bertz CT molecular complexity index is 636. The minimum absolute atomic E-state index is 0.0530. The predicted octanol–water partition coefficient (Wildman–Crippen LogP) is 2.70. The van der Waals surface area contributed by atoms with Crippen molar-refractivity contribution in [3.63, 3.8) is 0 Å². The fourth-order valence-electron chi connectivity index (χ4n) is 2.97. The lowest BCUT2D eigenvalue weighted by Gasteiger charge is -2.14. The van der Waals surface area contributed by atoms with Gasteiger partial charge in [0.1, 0.15) is 18.4 Å². The zero-order valence-corrected chi connectivity index (χ0v) is 13.9. The predicted molar refractivity (Wildman–Crippen MR) is 90.4 cm³/mol. The highest BCUT2D eigenvalue weighted by atomic mass is 16.5. The Balaban J connectivity index is 1.39. The largest absolute Gasteiger partial charge is 0.490 e. The molecule has 1 amide bonds. The summed E-state index contributed by atoms with van der Waals surface area (Å²) >= 11 is 0. The summed E-state index contributed by atoms with van der Waals surface area (Å²) in [5.74, 6) is 0.956. The molecule has 1 heterocycles. The van der Waals surface area contributed by atoms with Gasteiger partial charge in [-0.1, -0.05) is 12.1 Å². The van der Waals surface area contributed by atoms with Gasteiger partial charge in [-0.25, -0.2) is 4.98 Å². The van der Waals surface area contributed by atoms with E-state index in [0.29, 0.717) is 25.6 Å². The van der Waals surface area contributed by atoms with Crippen molar-refractivity contribution in [2.24, 2.45) is 0 Å². The molecule has 1 fully saturated rings. The number of carbonyl (C=O) groups is 1. The average Bonchev–Trinajstić information content (AvgIpc) is 3.27. The number of aryl methyl sites for hydroxylation is 1. The van der Waals surface area contributed by atoms with Gasteiger partial charge in [0.2, 0.25) is 5.91 Å². The van der Waals surface area contributed by atoms with E-state index >= 15 is 0 Å². The molecule has 24 heavy (non-hydrogen) atoms. The number of hydrogen-bond acceptors (Lipinski definition) is 4. The first-order valence-electron chi connectivity index (χ1n) is 8.64. The quantitative estimate of drug-likeness (QED) is 0.809. The molecular weight excluding hydrogens is 304 g/mol. The summed E-state index contributed by atoms with van der Waals surface area (Å²) in [6.45, 7) is 1.24. The van der Waals surface area contributed by atoms with Crippen LogP contribution in [0.3, 0.4) is 0 Å². The van der Waals surface area contributed by atoms with E-state index in [1.165, 1.54) is 19.2 Å². The Kier molecular flexibility index (Phi) is 5.82. The first kappa shape index (κ1) is 16.5. The zero-order chi connectivity index (χ0) is 16.6. The summed E-state index contributed by atoms with van der Waals surface area (Å²) < 4.78 is 7.73. The molecule has 0 atom stereocenters. The van der Waals surface area contributed by atoms with Crippen LogP contribution in [0.5, 0.6) is 5.75 Å². The molecule has 6 heteroatoms. The minimum atomic E-state index is 0.0530. The van der Waals surface area contributed by atoms with E-state index in [1.807, 2.05) is 24.3 Å². The van der Waals surface area contributed by atoms with E-state index in [1.54, 1.807) is 11.0 Å². The molecule has 6 nitrogen and oxygen atoms in total. The van der Waals surface area contributed by atoms with Gasteiger partial charge >= 0.3 is 0 Å². The van der Waals surface area contributed by atoms with Gasteiger partial charge in [0, 0.05) is 19.5 Å². The minimum Gasteiger partial charge on any atom is -0.490 e. The fourth-order valence-corrected chi connectivity index (χ4v) is 2.97. The van der Waals surface area contributed by atoms with E-state index in [2.05, 4.69) is 15.4 Å². The molecule has 1 saturated carbocycles.